The molecule has 0 bridgehead atoms. The average molecular weight is 167 g/mol. The first-order valence-electron chi connectivity index (χ1n) is 2.76. The van der Waals surface area contributed by atoms with Gasteiger partial charge in [0.1, 0.15) is 18.7 Å². The van der Waals surface area contributed by atoms with Crippen LogP contribution in [0.5, 0.6) is 0 Å². The van der Waals surface area contributed by atoms with Crippen LogP contribution in [-0.4, -0.2) is 23.9 Å². The number of hydrogen-bond acceptors (Lipinski definition) is 2. The molecule has 0 aliphatic rings. The predicted molar refractivity (Wildman–Crippen MR) is 41.6 cm³/mol. The first-order chi connectivity index (χ1) is 5.11. The molecule has 0 aliphatic heterocycles. The summed E-state index contributed by atoms with van der Waals surface area (Å²) in [6.07, 6.45) is 0. The third-order valence-electron chi connectivity index (χ3n) is 1.10. The zero-order valence-corrected chi connectivity index (χ0v) is 6.17. The molecule has 1 N–H and O–H groups in total. The van der Waals surface area contributed by atoms with Gasteiger partial charge in [-0.3, -0.25) is 0 Å². The molecule has 0 fully saturated rings. The molecule has 54 valence electrons. The minimum absolute atomic E-state index is 0.113. The van der Waals surface area contributed by atoms with Crippen LogP contribution in [0.2, 0.25) is 5.15 Å². The van der Waals surface area contributed by atoms with Crippen LogP contribution >= 0.6 is 11.6 Å². The topological polar surface area (TPSA) is 50.2 Å². The van der Waals surface area contributed by atoms with Crippen LogP contribution in [0.3, 0.4) is 0 Å². The van der Waals surface area contributed by atoms with Crippen molar-refractivity contribution >= 4 is 30.9 Å². The molecule has 0 aromatic carbocycles. The van der Waals surface area contributed by atoms with E-state index in [0.29, 0.717) is 0 Å². The number of nitrogens with zero attached hydrogens (tertiary/aromatic N) is 1. The molecule has 0 saturated heterocycles. The summed E-state index contributed by atoms with van der Waals surface area (Å²) in [5.74, 6) is -1.18. The van der Waals surface area contributed by atoms with Gasteiger partial charge in [0, 0.05) is 0 Å². The van der Waals surface area contributed by atoms with Crippen LogP contribution in [-0.2, 0) is 0 Å². The van der Waals surface area contributed by atoms with E-state index >= 15 is 0 Å². The lowest BCUT2D eigenvalue weighted by atomic mass is 9.94. The fraction of sp³-hybridized carbons (Fsp3) is 0. The molecule has 3 nitrogen and oxygen atoms in total. The summed E-state index contributed by atoms with van der Waals surface area (Å²) in [5, 5.41) is 8.61. The van der Waals surface area contributed by atoms with Gasteiger partial charge in [0.05, 0.1) is 0 Å². The van der Waals surface area contributed by atoms with Gasteiger partial charge in [-0.25, -0.2) is 9.78 Å². The molecule has 1 aromatic heterocycles. The van der Waals surface area contributed by atoms with Gasteiger partial charge in [0.15, 0.2) is 0 Å². The monoisotopic (exact) mass is 167 g/mol. The summed E-state index contributed by atoms with van der Waals surface area (Å²) in [6.45, 7) is 0. The molecule has 0 saturated carbocycles. The SMILES string of the molecule is [B]c1ccc(Cl)nc1C(=O)O. The van der Waals surface area contributed by atoms with Crippen LogP contribution in [0.1, 0.15) is 10.5 Å². The second-order valence-corrected chi connectivity index (χ2v) is 2.26. The highest BCUT2D eigenvalue weighted by Gasteiger charge is 2.07. The highest BCUT2D eigenvalue weighted by atomic mass is 35.5. The summed E-state index contributed by atoms with van der Waals surface area (Å²) >= 11 is 5.43. The van der Waals surface area contributed by atoms with Crippen molar-refractivity contribution in [2.75, 3.05) is 0 Å². The highest BCUT2D eigenvalue weighted by molar-refractivity contribution is 6.36. The second-order valence-electron chi connectivity index (χ2n) is 1.88. The minimum atomic E-state index is -1.18. The number of aromatic carboxylic acids is 1. The van der Waals surface area contributed by atoms with Crippen molar-refractivity contribution in [3.63, 3.8) is 0 Å². The van der Waals surface area contributed by atoms with Crippen molar-refractivity contribution in [1.29, 1.82) is 0 Å². The first-order valence-corrected chi connectivity index (χ1v) is 3.14. The van der Waals surface area contributed by atoms with Crippen LogP contribution in [0.4, 0.5) is 0 Å². The smallest absolute Gasteiger partial charge is 0.353 e. The third-order valence-corrected chi connectivity index (χ3v) is 1.31. The Morgan fingerprint density at radius 1 is 1.64 bits per heavy atom. The van der Waals surface area contributed by atoms with Crippen LogP contribution in [0, 0.1) is 0 Å². The molecular formula is C6H3BClNO2. The molecule has 1 heterocycles. The van der Waals surface area contributed by atoms with Crippen molar-refractivity contribution in [1.82, 2.24) is 4.98 Å². The van der Waals surface area contributed by atoms with Crippen LogP contribution < -0.4 is 5.46 Å². The zero-order chi connectivity index (χ0) is 8.43. The Balaban J connectivity index is 3.23. The Bertz CT molecular complexity index is 303. The Morgan fingerprint density at radius 2 is 2.27 bits per heavy atom. The molecule has 0 amide bonds. The predicted octanol–water partition coefficient (Wildman–Crippen LogP) is 0.227. The molecule has 5 heteroatoms. The van der Waals surface area contributed by atoms with Gasteiger partial charge in [-0.1, -0.05) is 23.1 Å². The van der Waals surface area contributed by atoms with Crippen LogP contribution in [0.25, 0.3) is 0 Å². The Kier molecular flexibility index (Phi) is 2.15. The molecule has 0 aliphatic carbocycles. The molecule has 1 aromatic rings. The molecule has 2 radical (unpaired) electrons. The van der Waals surface area contributed by atoms with E-state index in [1.165, 1.54) is 12.1 Å². The molecule has 0 unspecified atom stereocenters. The summed E-state index contributed by atoms with van der Waals surface area (Å²) in [5.41, 5.74) is -0.0978. The first kappa shape index (κ1) is 8.08. The van der Waals surface area contributed by atoms with Gasteiger partial charge >= 0.3 is 5.97 Å². The van der Waals surface area contributed by atoms with E-state index in [1.807, 2.05) is 0 Å². The van der Waals surface area contributed by atoms with Crippen molar-refractivity contribution in [2.45, 2.75) is 0 Å². The van der Waals surface area contributed by atoms with Gasteiger partial charge in [-0.15, -0.1) is 0 Å². The van der Waals surface area contributed by atoms with Gasteiger partial charge in [0.2, 0.25) is 0 Å². The summed E-state index contributed by atoms with van der Waals surface area (Å²) < 4.78 is 0. The molecule has 1 rings (SSSR count). The maximum atomic E-state index is 10.4. The minimum Gasteiger partial charge on any atom is -0.477 e. The zero-order valence-electron chi connectivity index (χ0n) is 5.41. The Hall–Kier alpha value is -1.03. The lowest BCUT2D eigenvalue weighted by molar-refractivity contribution is 0.0692. The van der Waals surface area contributed by atoms with E-state index in [9.17, 15) is 4.79 Å². The van der Waals surface area contributed by atoms with Crippen LogP contribution in [0.15, 0.2) is 12.1 Å². The third kappa shape index (κ3) is 1.71. The Labute approximate surface area is 69.4 Å². The van der Waals surface area contributed by atoms with Gasteiger partial charge in [0.25, 0.3) is 0 Å². The number of halogens is 1. The number of carboxylic acid groups (broad SMARTS) is 1. The summed E-state index contributed by atoms with van der Waals surface area (Å²) in [4.78, 5) is 13.9. The number of aromatic nitrogens is 1. The molecule has 0 spiro atoms. The van der Waals surface area contributed by atoms with E-state index in [4.69, 9.17) is 24.6 Å². The number of carbonyl (C=O) groups is 1. The van der Waals surface area contributed by atoms with Crippen molar-refractivity contribution in [3.8, 4) is 0 Å². The van der Waals surface area contributed by atoms with E-state index < -0.39 is 5.97 Å². The lowest BCUT2D eigenvalue weighted by Gasteiger charge is -1.98. The second kappa shape index (κ2) is 2.92. The molecule has 0 atom stereocenters. The number of carboxylic acids is 1. The summed E-state index contributed by atoms with van der Waals surface area (Å²) in [6, 6.07) is 2.84. The van der Waals surface area contributed by atoms with E-state index in [1.54, 1.807) is 0 Å². The van der Waals surface area contributed by atoms with Gasteiger partial charge in [-0.05, 0) is 6.07 Å². The number of hydrogen-bond donors (Lipinski definition) is 1. The van der Waals surface area contributed by atoms with Crippen molar-refractivity contribution < 1.29 is 9.90 Å². The fourth-order valence-electron chi connectivity index (χ4n) is 0.617. The quantitative estimate of drug-likeness (QED) is 0.481. The number of rotatable bonds is 1. The van der Waals surface area contributed by atoms with Gasteiger partial charge < -0.3 is 5.11 Å². The van der Waals surface area contributed by atoms with Crippen molar-refractivity contribution in [2.24, 2.45) is 0 Å². The van der Waals surface area contributed by atoms with E-state index in [2.05, 4.69) is 4.98 Å². The normalized spacial score (nSPS) is 9.55. The maximum absolute atomic E-state index is 10.4. The average Bonchev–Trinajstić information content (AvgIpc) is 1.94. The molecule has 11 heavy (non-hydrogen) atoms. The maximum Gasteiger partial charge on any atom is 0.353 e. The number of pyridine rings is 1. The van der Waals surface area contributed by atoms with Crippen molar-refractivity contribution in [3.05, 3.63) is 23.0 Å². The largest absolute Gasteiger partial charge is 0.477 e. The van der Waals surface area contributed by atoms with E-state index in [0.717, 1.165) is 0 Å². The lowest BCUT2D eigenvalue weighted by Crippen LogP contribution is -2.17. The fourth-order valence-corrected chi connectivity index (χ4v) is 0.765. The highest BCUT2D eigenvalue weighted by Crippen LogP contribution is 2.02. The van der Waals surface area contributed by atoms with Gasteiger partial charge in [-0.2, -0.15) is 0 Å². The molecular weight excluding hydrogens is 164 g/mol. The van der Waals surface area contributed by atoms with E-state index in [-0.39, 0.29) is 16.3 Å². The summed E-state index contributed by atoms with van der Waals surface area (Å²) in [7, 11) is 5.29. The standard InChI is InChI=1S/C6H3BClNO2/c7-3-1-2-4(8)9-5(3)6(10)11/h1-2H,(H,10,11). The Morgan fingerprint density at radius 3 is 2.73 bits per heavy atom.